The minimum absolute atomic E-state index is 1.05. The highest BCUT2D eigenvalue weighted by Crippen LogP contribution is 2.25. The summed E-state index contributed by atoms with van der Waals surface area (Å²) < 4.78 is 2.22. The maximum atomic E-state index is 2.22. The fourth-order valence-electron chi connectivity index (χ4n) is 1.58. The molecule has 2 aromatic carbocycles. The van der Waals surface area contributed by atoms with Crippen LogP contribution in [-0.2, 0) is 0 Å². The Morgan fingerprint density at radius 3 is 2.06 bits per heavy atom. The number of hydrogen-bond donors (Lipinski definition) is 0. The van der Waals surface area contributed by atoms with Crippen molar-refractivity contribution < 1.29 is 0 Å². The van der Waals surface area contributed by atoms with Crippen LogP contribution in [-0.4, -0.2) is 17.9 Å². The largest absolute Gasteiger partial charge is 0.250 e. The molecule has 0 aliphatic heterocycles. The summed E-state index contributed by atoms with van der Waals surface area (Å²) >= 11 is 1.78. The lowest BCUT2D eigenvalue weighted by molar-refractivity contribution is 0.602. The monoisotopic (exact) mass is 243 g/mol. The molecule has 0 bridgehead atoms. The van der Waals surface area contributed by atoms with Gasteiger partial charge < -0.3 is 0 Å². The van der Waals surface area contributed by atoms with Crippen molar-refractivity contribution in [3.05, 3.63) is 54.6 Å². The second-order valence-corrected chi connectivity index (χ2v) is 5.20. The summed E-state index contributed by atoms with van der Waals surface area (Å²) in [6.45, 7) is 3.20. The number of rotatable bonds is 4. The summed E-state index contributed by atoms with van der Waals surface area (Å²) in [6.07, 6.45) is 0. The molecule has 17 heavy (non-hydrogen) atoms. The second kappa shape index (κ2) is 5.89. The molecule has 2 heteroatoms. The Balaban J connectivity index is 2.13. The molecule has 0 aromatic heterocycles. The fourth-order valence-corrected chi connectivity index (χ4v) is 2.33. The third-order valence-electron chi connectivity index (χ3n) is 2.67. The van der Waals surface area contributed by atoms with Crippen molar-refractivity contribution in [1.29, 1.82) is 0 Å². The third kappa shape index (κ3) is 3.35. The van der Waals surface area contributed by atoms with Crippen LogP contribution in [0, 0.1) is 0 Å². The van der Waals surface area contributed by atoms with E-state index in [1.165, 1.54) is 16.0 Å². The van der Waals surface area contributed by atoms with Gasteiger partial charge >= 0.3 is 0 Å². The van der Waals surface area contributed by atoms with Gasteiger partial charge in [-0.2, -0.15) is 0 Å². The highest BCUT2D eigenvalue weighted by atomic mass is 32.2. The quantitative estimate of drug-likeness (QED) is 0.736. The Kier molecular flexibility index (Phi) is 4.24. The zero-order valence-electron chi connectivity index (χ0n) is 10.3. The number of benzene rings is 2. The average molecular weight is 243 g/mol. The molecule has 2 rings (SSSR count). The molecule has 0 aliphatic rings. The van der Waals surface area contributed by atoms with Crippen LogP contribution >= 0.6 is 11.9 Å². The van der Waals surface area contributed by atoms with Crippen LogP contribution < -0.4 is 0 Å². The van der Waals surface area contributed by atoms with Gasteiger partial charge in [0.05, 0.1) is 0 Å². The standard InChI is InChI=1S/C15H17NS/c1-3-16(2)17-15-11-9-14(10-12-15)13-7-5-4-6-8-13/h4-12H,3H2,1-2H3. The lowest BCUT2D eigenvalue weighted by atomic mass is 10.1. The fraction of sp³-hybridized carbons (Fsp3) is 0.200. The molecule has 0 radical (unpaired) electrons. The second-order valence-electron chi connectivity index (χ2n) is 3.93. The van der Waals surface area contributed by atoms with Crippen molar-refractivity contribution in [1.82, 2.24) is 4.31 Å². The molecule has 0 amide bonds. The van der Waals surface area contributed by atoms with Gasteiger partial charge in [0.25, 0.3) is 0 Å². The van der Waals surface area contributed by atoms with E-state index in [0.29, 0.717) is 0 Å². The van der Waals surface area contributed by atoms with Crippen LogP contribution in [0.5, 0.6) is 0 Å². The average Bonchev–Trinajstić information content (AvgIpc) is 2.40. The maximum absolute atomic E-state index is 2.22. The highest BCUT2D eigenvalue weighted by Gasteiger charge is 2.00. The molecule has 0 heterocycles. The summed E-state index contributed by atoms with van der Waals surface area (Å²) in [4.78, 5) is 1.29. The molecule has 0 N–H and O–H groups in total. The van der Waals surface area contributed by atoms with Gasteiger partial charge in [0.15, 0.2) is 0 Å². The lowest BCUT2D eigenvalue weighted by Crippen LogP contribution is -2.06. The molecule has 0 aliphatic carbocycles. The van der Waals surface area contributed by atoms with E-state index in [1.54, 1.807) is 11.9 Å². The van der Waals surface area contributed by atoms with Crippen LogP contribution in [0.2, 0.25) is 0 Å². The summed E-state index contributed by atoms with van der Waals surface area (Å²) in [5.74, 6) is 0. The van der Waals surface area contributed by atoms with Crippen LogP contribution in [0.1, 0.15) is 6.92 Å². The first kappa shape index (κ1) is 12.2. The van der Waals surface area contributed by atoms with Crippen LogP contribution in [0.4, 0.5) is 0 Å². The Morgan fingerprint density at radius 2 is 1.47 bits per heavy atom. The first-order valence-corrected chi connectivity index (χ1v) is 6.61. The summed E-state index contributed by atoms with van der Waals surface area (Å²) in [5.41, 5.74) is 2.54. The smallest absolute Gasteiger partial charge is 0.0230 e. The van der Waals surface area contributed by atoms with Crippen molar-refractivity contribution in [2.45, 2.75) is 11.8 Å². The van der Waals surface area contributed by atoms with Crippen molar-refractivity contribution >= 4 is 11.9 Å². The maximum Gasteiger partial charge on any atom is 0.0230 e. The highest BCUT2D eigenvalue weighted by molar-refractivity contribution is 7.97. The van der Waals surface area contributed by atoms with E-state index in [1.807, 2.05) is 6.07 Å². The van der Waals surface area contributed by atoms with Gasteiger partial charge in [-0.05, 0) is 42.3 Å². The zero-order chi connectivity index (χ0) is 12.1. The van der Waals surface area contributed by atoms with Crippen LogP contribution in [0.3, 0.4) is 0 Å². The first-order valence-electron chi connectivity index (χ1n) is 5.84. The Morgan fingerprint density at radius 1 is 0.882 bits per heavy atom. The van der Waals surface area contributed by atoms with Gasteiger partial charge in [-0.3, -0.25) is 0 Å². The van der Waals surface area contributed by atoms with E-state index in [2.05, 4.69) is 66.8 Å². The van der Waals surface area contributed by atoms with Crippen LogP contribution in [0.25, 0.3) is 11.1 Å². The first-order chi connectivity index (χ1) is 8.29. The summed E-state index contributed by atoms with van der Waals surface area (Å²) in [7, 11) is 2.11. The topological polar surface area (TPSA) is 3.24 Å². The van der Waals surface area contributed by atoms with Crippen molar-refractivity contribution in [3.8, 4) is 11.1 Å². The van der Waals surface area contributed by atoms with Crippen molar-refractivity contribution in [3.63, 3.8) is 0 Å². The molecule has 0 saturated heterocycles. The van der Waals surface area contributed by atoms with Gasteiger partial charge in [0.2, 0.25) is 0 Å². The molecule has 1 nitrogen and oxygen atoms in total. The summed E-state index contributed by atoms with van der Waals surface area (Å²) in [6, 6.07) is 19.2. The molecule has 88 valence electrons. The molecule has 0 atom stereocenters. The molecule has 0 spiro atoms. The molecule has 0 fully saturated rings. The normalized spacial score (nSPS) is 10.8. The summed E-state index contributed by atoms with van der Waals surface area (Å²) in [5, 5.41) is 0. The van der Waals surface area contributed by atoms with Gasteiger partial charge in [-0.15, -0.1) is 0 Å². The Bertz CT molecular complexity index is 450. The van der Waals surface area contributed by atoms with E-state index >= 15 is 0 Å². The van der Waals surface area contributed by atoms with Crippen molar-refractivity contribution in [2.24, 2.45) is 0 Å². The van der Waals surface area contributed by atoms with Gasteiger partial charge in [-0.25, -0.2) is 4.31 Å². The molecular formula is C15H17NS. The predicted molar refractivity (Wildman–Crippen MR) is 76.0 cm³/mol. The van der Waals surface area contributed by atoms with Gasteiger partial charge in [-0.1, -0.05) is 49.4 Å². The van der Waals surface area contributed by atoms with E-state index in [0.717, 1.165) is 6.54 Å². The predicted octanol–water partition coefficient (Wildman–Crippen LogP) is 4.31. The Labute approximate surface area is 108 Å². The Hall–Kier alpha value is -1.25. The molecule has 2 aromatic rings. The lowest BCUT2D eigenvalue weighted by Gasteiger charge is -2.12. The number of nitrogens with zero attached hydrogens (tertiary/aromatic N) is 1. The minimum Gasteiger partial charge on any atom is -0.250 e. The van der Waals surface area contributed by atoms with Gasteiger partial charge in [0.1, 0.15) is 0 Å². The van der Waals surface area contributed by atoms with E-state index in [9.17, 15) is 0 Å². The zero-order valence-corrected chi connectivity index (χ0v) is 11.1. The number of hydrogen-bond acceptors (Lipinski definition) is 2. The van der Waals surface area contributed by atoms with E-state index in [4.69, 9.17) is 0 Å². The molecule has 0 saturated carbocycles. The minimum atomic E-state index is 1.05. The molecule has 0 unspecified atom stereocenters. The van der Waals surface area contributed by atoms with E-state index < -0.39 is 0 Å². The van der Waals surface area contributed by atoms with Gasteiger partial charge in [0, 0.05) is 11.4 Å². The van der Waals surface area contributed by atoms with Crippen LogP contribution in [0.15, 0.2) is 59.5 Å². The van der Waals surface area contributed by atoms with E-state index in [-0.39, 0.29) is 0 Å². The third-order valence-corrected chi connectivity index (χ3v) is 3.72. The SMILES string of the molecule is CCN(C)Sc1ccc(-c2ccccc2)cc1. The molecular weight excluding hydrogens is 226 g/mol. The van der Waals surface area contributed by atoms with Crippen molar-refractivity contribution in [2.75, 3.05) is 13.6 Å².